The Morgan fingerprint density at radius 1 is 0.706 bits per heavy atom. The van der Waals surface area contributed by atoms with Gasteiger partial charge in [0, 0.05) is 19.4 Å². The van der Waals surface area contributed by atoms with E-state index in [9.17, 15) is 33.9 Å². The molecule has 0 aromatic heterocycles. The Morgan fingerprint density at radius 2 is 1.41 bits per heavy atom. The fourth-order valence-electron chi connectivity index (χ4n) is 2.84. The second kappa shape index (κ2) is 18.1. The number of hydrogen-bond acceptors (Lipinski definition) is 7. The van der Waals surface area contributed by atoms with Crippen LogP contribution in [0.1, 0.15) is 57.8 Å². The largest absolute Gasteiger partial charge is 0.481 e. The normalized spacial score (nSPS) is 12.1. The highest BCUT2D eigenvalue weighted by Gasteiger charge is 2.22. The molecule has 2 atom stereocenters. The predicted octanol–water partition coefficient (Wildman–Crippen LogP) is -1.02. The first-order valence-corrected chi connectivity index (χ1v) is 11.0. The third kappa shape index (κ3) is 16.2. The van der Waals surface area contributed by atoms with Crippen molar-refractivity contribution in [3.05, 3.63) is 0 Å². The maximum absolute atomic E-state index is 12.4. The minimum absolute atomic E-state index is 0.0354. The van der Waals surface area contributed by atoms with Gasteiger partial charge in [0.15, 0.2) is 0 Å². The van der Waals surface area contributed by atoms with E-state index in [-0.39, 0.29) is 38.1 Å². The fraction of sp³-hybridized carbons (Fsp3) is 0.700. The number of carboxylic acids is 3. The second-order valence-electron chi connectivity index (χ2n) is 7.55. The Hall–Kier alpha value is -3.42. The number of unbranched alkanes of at least 4 members (excludes halogenated alkanes) is 3. The SMILES string of the molecule is NCCCCCC(=O)N[C@@H](CCC(=O)O)C(=O)NCCCC[C@H](NC(=O)NCC(=O)O)C(=O)O. The minimum atomic E-state index is -1.29. The van der Waals surface area contributed by atoms with Crippen LogP contribution in [0, 0.1) is 0 Å². The van der Waals surface area contributed by atoms with E-state index in [0.29, 0.717) is 25.8 Å². The average molecular weight is 490 g/mol. The van der Waals surface area contributed by atoms with Crippen LogP contribution in [0.4, 0.5) is 4.79 Å². The maximum Gasteiger partial charge on any atom is 0.326 e. The second-order valence-corrected chi connectivity index (χ2v) is 7.55. The monoisotopic (exact) mass is 489 g/mol. The van der Waals surface area contributed by atoms with Crippen LogP contribution in [0.2, 0.25) is 0 Å². The number of aliphatic carboxylic acids is 3. The van der Waals surface area contributed by atoms with Gasteiger partial charge in [0.25, 0.3) is 0 Å². The van der Waals surface area contributed by atoms with Crippen molar-refractivity contribution in [3.8, 4) is 0 Å². The van der Waals surface area contributed by atoms with E-state index < -0.39 is 48.5 Å². The van der Waals surface area contributed by atoms with E-state index in [1.807, 2.05) is 5.32 Å². The summed E-state index contributed by atoms with van der Waals surface area (Å²) in [5.41, 5.74) is 5.40. The zero-order chi connectivity index (χ0) is 25.9. The predicted molar refractivity (Wildman–Crippen MR) is 119 cm³/mol. The lowest BCUT2D eigenvalue weighted by Gasteiger charge is -2.18. The first-order valence-electron chi connectivity index (χ1n) is 11.0. The number of urea groups is 1. The summed E-state index contributed by atoms with van der Waals surface area (Å²) < 4.78 is 0. The summed E-state index contributed by atoms with van der Waals surface area (Å²) in [5.74, 6) is -4.58. The third-order valence-corrected chi connectivity index (χ3v) is 4.63. The molecule has 0 fully saturated rings. The van der Waals surface area contributed by atoms with E-state index >= 15 is 0 Å². The molecule has 0 radical (unpaired) electrons. The van der Waals surface area contributed by atoms with Gasteiger partial charge in [-0.1, -0.05) is 6.42 Å². The molecule has 0 aromatic rings. The zero-order valence-electron chi connectivity index (χ0n) is 19.0. The van der Waals surface area contributed by atoms with Crippen LogP contribution in [0.25, 0.3) is 0 Å². The van der Waals surface area contributed by atoms with Crippen LogP contribution >= 0.6 is 0 Å². The highest BCUT2D eigenvalue weighted by Crippen LogP contribution is 2.04. The van der Waals surface area contributed by atoms with Gasteiger partial charge in [0.05, 0.1) is 0 Å². The summed E-state index contributed by atoms with van der Waals surface area (Å²) in [7, 11) is 0. The van der Waals surface area contributed by atoms with Gasteiger partial charge in [0.1, 0.15) is 18.6 Å². The molecule has 4 amide bonds. The lowest BCUT2D eigenvalue weighted by Crippen LogP contribution is -2.47. The Morgan fingerprint density at radius 3 is 2.00 bits per heavy atom. The van der Waals surface area contributed by atoms with Crippen molar-refractivity contribution < 1.29 is 44.1 Å². The molecule has 0 rings (SSSR count). The zero-order valence-corrected chi connectivity index (χ0v) is 19.0. The molecule has 0 aliphatic heterocycles. The Balaban J connectivity index is 4.48. The molecule has 0 unspecified atom stereocenters. The molecule has 0 aliphatic carbocycles. The van der Waals surface area contributed by atoms with Crippen molar-refractivity contribution >= 4 is 35.8 Å². The number of nitrogens with one attached hydrogen (secondary N) is 4. The van der Waals surface area contributed by atoms with Gasteiger partial charge in [0.2, 0.25) is 11.8 Å². The number of nitrogens with two attached hydrogens (primary N) is 1. The van der Waals surface area contributed by atoms with Gasteiger partial charge in [-0.3, -0.25) is 19.2 Å². The van der Waals surface area contributed by atoms with Crippen molar-refractivity contribution in [2.75, 3.05) is 19.6 Å². The van der Waals surface area contributed by atoms with Gasteiger partial charge < -0.3 is 42.3 Å². The molecule has 0 aromatic carbocycles. The molecule has 9 N–H and O–H groups in total. The Bertz CT molecular complexity index is 702. The number of carboxylic acid groups (broad SMARTS) is 3. The van der Waals surface area contributed by atoms with Gasteiger partial charge in [-0.05, 0) is 45.1 Å². The number of rotatable bonds is 19. The summed E-state index contributed by atoms with van der Waals surface area (Å²) in [6, 6.07) is -3.18. The molecule has 0 saturated heterocycles. The van der Waals surface area contributed by atoms with Gasteiger partial charge in [-0.25, -0.2) is 9.59 Å². The van der Waals surface area contributed by atoms with Crippen LogP contribution in [0.15, 0.2) is 0 Å². The summed E-state index contributed by atoms with van der Waals surface area (Å²) in [6.45, 7) is 0.0102. The molecular weight excluding hydrogens is 454 g/mol. The number of carbonyl (C=O) groups is 6. The molecule has 194 valence electrons. The Kier molecular flexibility index (Phi) is 16.2. The van der Waals surface area contributed by atoms with E-state index in [2.05, 4.69) is 16.0 Å². The summed E-state index contributed by atoms with van der Waals surface area (Å²) in [5, 5.41) is 35.8. The Labute approximate surface area is 197 Å². The van der Waals surface area contributed by atoms with E-state index in [4.69, 9.17) is 15.9 Å². The molecular formula is C20H35N5O9. The summed E-state index contributed by atoms with van der Waals surface area (Å²) in [6.07, 6.45) is 2.66. The highest BCUT2D eigenvalue weighted by molar-refractivity contribution is 5.88. The van der Waals surface area contributed by atoms with E-state index in [1.165, 1.54) is 0 Å². The first kappa shape index (κ1) is 30.6. The topological polar surface area (TPSA) is 237 Å². The van der Waals surface area contributed by atoms with Crippen molar-refractivity contribution in [1.29, 1.82) is 0 Å². The van der Waals surface area contributed by atoms with Crippen LogP contribution in [-0.4, -0.2) is 82.8 Å². The molecule has 0 bridgehead atoms. The summed E-state index contributed by atoms with van der Waals surface area (Å²) >= 11 is 0. The van der Waals surface area contributed by atoms with Gasteiger partial charge in [-0.2, -0.15) is 0 Å². The molecule has 0 heterocycles. The minimum Gasteiger partial charge on any atom is -0.481 e. The quantitative estimate of drug-likeness (QED) is 0.103. The van der Waals surface area contributed by atoms with Crippen LogP contribution in [0.3, 0.4) is 0 Å². The molecule has 0 aliphatic rings. The molecule has 0 saturated carbocycles. The average Bonchev–Trinajstić information content (AvgIpc) is 2.76. The lowest BCUT2D eigenvalue weighted by atomic mass is 10.1. The number of amides is 4. The molecule has 14 heteroatoms. The van der Waals surface area contributed by atoms with E-state index in [0.717, 1.165) is 12.8 Å². The highest BCUT2D eigenvalue weighted by atomic mass is 16.4. The van der Waals surface area contributed by atoms with Gasteiger partial charge in [-0.15, -0.1) is 0 Å². The van der Waals surface area contributed by atoms with E-state index in [1.54, 1.807) is 0 Å². The molecule has 34 heavy (non-hydrogen) atoms. The van der Waals surface area contributed by atoms with Crippen LogP contribution < -0.4 is 27.0 Å². The van der Waals surface area contributed by atoms with Crippen molar-refractivity contribution in [2.45, 2.75) is 69.9 Å². The van der Waals surface area contributed by atoms with Crippen LogP contribution in [0.5, 0.6) is 0 Å². The number of hydrogen-bond donors (Lipinski definition) is 8. The third-order valence-electron chi connectivity index (χ3n) is 4.63. The van der Waals surface area contributed by atoms with Gasteiger partial charge >= 0.3 is 23.9 Å². The lowest BCUT2D eigenvalue weighted by molar-refractivity contribution is -0.140. The van der Waals surface area contributed by atoms with Crippen molar-refractivity contribution in [3.63, 3.8) is 0 Å². The molecule has 14 nitrogen and oxygen atoms in total. The fourth-order valence-corrected chi connectivity index (χ4v) is 2.84. The number of carbonyl (C=O) groups excluding carboxylic acids is 3. The summed E-state index contributed by atoms with van der Waals surface area (Å²) in [4.78, 5) is 68.5. The van der Waals surface area contributed by atoms with Crippen molar-refractivity contribution in [1.82, 2.24) is 21.3 Å². The maximum atomic E-state index is 12.4. The first-order chi connectivity index (χ1) is 16.1. The van der Waals surface area contributed by atoms with Crippen LogP contribution in [-0.2, 0) is 24.0 Å². The molecule has 0 spiro atoms. The smallest absolute Gasteiger partial charge is 0.326 e. The van der Waals surface area contributed by atoms with Crippen molar-refractivity contribution in [2.24, 2.45) is 5.73 Å². The standard InChI is InChI=1S/C20H35N5O9/c21-10-4-1-2-7-15(26)24-13(8-9-16(27)28)18(31)22-11-5-3-6-14(19(32)33)25-20(34)23-12-17(29)30/h13-14H,1-12,21H2,(H,22,31)(H,24,26)(H,27,28)(H,29,30)(H,32,33)(H2,23,25,34)/t13-,14-/m0/s1.